The highest BCUT2D eigenvalue weighted by atomic mass is 16.5. The van der Waals surface area contributed by atoms with Crippen molar-refractivity contribution in [3.63, 3.8) is 0 Å². The number of piperidine rings is 2. The molecular formula is C47H56N10O7. The summed E-state index contributed by atoms with van der Waals surface area (Å²) in [4.78, 5) is 91.1. The number of hydrogen-bond donors (Lipinski definition) is 3. The number of pyridine rings is 1. The SMILES string of the molecule is CC1(C)CC(C)(C)C1Oc1ccc(C#N)c2[nH]c(=O)ccc12.CN(C(=O)c1cc(N2CCN(CC3CCN(c4cnc(C(N)=O)cn4)CC3)CC2)ccc1C=O)C1CCC(=O)NC1=O. The van der Waals surface area contributed by atoms with E-state index < -0.39 is 23.8 Å². The van der Waals surface area contributed by atoms with Crippen LogP contribution in [-0.2, 0) is 9.59 Å². The summed E-state index contributed by atoms with van der Waals surface area (Å²) in [6.07, 6.45) is 7.39. The van der Waals surface area contributed by atoms with Crippen LogP contribution in [0.3, 0.4) is 0 Å². The van der Waals surface area contributed by atoms with Gasteiger partial charge < -0.3 is 30.2 Å². The predicted molar refractivity (Wildman–Crippen MR) is 240 cm³/mol. The Morgan fingerprint density at radius 3 is 2.27 bits per heavy atom. The fraction of sp³-hybridized carbons (Fsp3) is 0.468. The number of piperazine rings is 1. The topological polar surface area (TPSA) is 228 Å². The van der Waals surface area contributed by atoms with Crippen LogP contribution in [-0.4, -0.2) is 120 Å². The minimum absolute atomic E-state index is 0.100. The highest BCUT2D eigenvalue weighted by Gasteiger charge is 2.55. The Hall–Kier alpha value is -6.67. The summed E-state index contributed by atoms with van der Waals surface area (Å²) in [7, 11) is 1.53. The lowest BCUT2D eigenvalue weighted by Gasteiger charge is -2.56. The molecule has 0 bridgehead atoms. The number of nitriles is 1. The smallest absolute Gasteiger partial charge is 0.268 e. The molecule has 4 aliphatic rings. The normalized spacial score (nSPS) is 20.0. The van der Waals surface area contributed by atoms with Crippen molar-refractivity contribution in [2.45, 2.75) is 71.9 Å². The molecule has 0 spiro atoms. The summed E-state index contributed by atoms with van der Waals surface area (Å²) in [5, 5.41) is 12.3. The number of likely N-dealkylation sites (N-methyl/N-ethyl adjacent to an activating group) is 1. The van der Waals surface area contributed by atoms with Gasteiger partial charge in [0.15, 0.2) is 6.29 Å². The summed E-state index contributed by atoms with van der Waals surface area (Å²) in [5.74, 6) is 0.195. The van der Waals surface area contributed by atoms with Crippen molar-refractivity contribution in [3.05, 3.63) is 87.6 Å². The van der Waals surface area contributed by atoms with Gasteiger partial charge in [-0.3, -0.25) is 39.0 Å². The van der Waals surface area contributed by atoms with Crippen molar-refractivity contribution in [3.8, 4) is 11.8 Å². The largest absolute Gasteiger partial charge is 0.489 e. The molecule has 17 heteroatoms. The third-order valence-corrected chi connectivity index (χ3v) is 13.0. The lowest BCUT2D eigenvalue weighted by molar-refractivity contribution is -0.136. The van der Waals surface area contributed by atoms with Crippen LogP contribution in [0.15, 0.2) is 59.7 Å². The molecule has 1 saturated carbocycles. The highest BCUT2D eigenvalue weighted by molar-refractivity contribution is 6.06. The number of aromatic nitrogens is 3. The van der Waals surface area contributed by atoms with E-state index in [9.17, 15) is 34.0 Å². The van der Waals surface area contributed by atoms with Crippen LogP contribution in [0.25, 0.3) is 10.9 Å². The van der Waals surface area contributed by atoms with Gasteiger partial charge in [-0.05, 0) is 68.0 Å². The Morgan fingerprint density at radius 2 is 1.66 bits per heavy atom. The molecule has 3 saturated heterocycles. The van der Waals surface area contributed by atoms with Crippen LogP contribution in [0.2, 0.25) is 0 Å². The van der Waals surface area contributed by atoms with Crippen molar-refractivity contribution in [1.29, 1.82) is 5.26 Å². The highest BCUT2D eigenvalue weighted by Crippen LogP contribution is 2.55. The molecule has 2 aromatic heterocycles. The van der Waals surface area contributed by atoms with E-state index >= 15 is 0 Å². The van der Waals surface area contributed by atoms with Gasteiger partial charge in [-0.2, -0.15) is 5.26 Å². The first-order valence-corrected chi connectivity index (χ1v) is 21.7. The molecule has 5 heterocycles. The minimum atomic E-state index is -0.760. The summed E-state index contributed by atoms with van der Waals surface area (Å²) in [5.41, 5.74) is 7.80. The first-order chi connectivity index (χ1) is 30.5. The third kappa shape index (κ3) is 9.76. The number of primary amides is 1. The number of rotatable bonds is 10. The minimum Gasteiger partial charge on any atom is -0.489 e. The first kappa shape index (κ1) is 45.4. The van der Waals surface area contributed by atoms with Crippen molar-refractivity contribution in [1.82, 2.24) is 30.1 Å². The second kappa shape index (κ2) is 18.6. The van der Waals surface area contributed by atoms with Crippen LogP contribution in [0.5, 0.6) is 5.75 Å². The Labute approximate surface area is 371 Å². The van der Waals surface area contributed by atoms with E-state index in [1.807, 2.05) is 12.1 Å². The van der Waals surface area contributed by atoms with Crippen molar-refractivity contribution >= 4 is 52.3 Å². The van der Waals surface area contributed by atoms with Crippen molar-refractivity contribution in [2.75, 3.05) is 62.7 Å². The second-order valence-corrected chi connectivity index (χ2v) is 18.6. The lowest BCUT2D eigenvalue weighted by atomic mass is 9.53. The maximum absolute atomic E-state index is 13.4. The molecule has 0 radical (unpaired) electrons. The Morgan fingerprint density at radius 1 is 0.938 bits per heavy atom. The van der Waals surface area contributed by atoms with E-state index in [2.05, 4.69) is 68.7 Å². The number of anilines is 2. The monoisotopic (exact) mass is 872 g/mol. The molecule has 2 aromatic carbocycles. The van der Waals surface area contributed by atoms with E-state index in [0.29, 0.717) is 23.3 Å². The van der Waals surface area contributed by atoms with Gasteiger partial charge in [-0.25, -0.2) is 9.97 Å². The molecule has 4 aromatic rings. The number of ether oxygens (including phenoxy) is 1. The third-order valence-electron chi connectivity index (χ3n) is 13.0. The number of nitrogens with two attached hydrogens (primary N) is 1. The van der Waals surface area contributed by atoms with Gasteiger partial charge in [0.05, 0.1) is 29.0 Å². The van der Waals surface area contributed by atoms with Gasteiger partial charge in [-0.15, -0.1) is 0 Å². The van der Waals surface area contributed by atoms with Gasteiger partial charge in [0.2, 0.25) is 17.4 Å². The summed E-state index contributed by atoms with van der Waals surface area (Å²) in [6, 6.07) is 13.3. The van der Waals surface area contributed by atoms with Gasteiger partial charge in [0, 0.05) is 92.8 Å². The molecule has 1 atom stereocenters. The van der Waals surface area contributed by atoms with Crippen LogP contribution < -0.4 is 31.1 Å². The number of carbonyl (C=O) groups is 5. The molecule has 64 heavy (non-hydrogen) atoms. The van der Waals surface area contributed by atoms with E-state index in [1.165, 1.54) is 24.2 Å². The number of aromatic amines is 1. The van der Waals surface area contributed by atoms with Crippen LogP contribution in [0.1, 0.15) is 96.6 Å². The van der Waals surface area contributed by atoms with Crippen molar-refractivity contribution < 1.29 is 28.7 Å². The number of carbonyl (C=O) groups excluding carboxylic acids is 5. The van der Waals surface area contributed by atoms with E-state index in [-0.39, 0.29) is 58.1 Å². The van der Waals surface area contributed by atoms with E-state index in [4.69, 9.17) is 10.5 Å². The summed E-state index contributed by atoms with van der Waals surface area (Å²) >= 11 is 0. The quantitative estimate of drug-likeness (QED) is 0.152. The van der Waals surface area contributed by atoms with Gasteiger partial charge in [-0.1, -0.05) is 27.7 Å². The second-order valence-electron chi connectivity index (χ2n) is 18.6. The predicted octanol–water partition coefficient (Wildman–Crippen LogP) is 3.91. The molecule has 1 unspecified atom stereocenters. The molecule has 4 amide bonds. The summed E-state index contributed by atoms with van der Waals surface area (Å²) < 4.78 is 6.30. The number of hydrogen-bond acceptors (Lipinski definition) is 13. The number of benzene rings is 2. The van der Waals surface area contributed by atoms with Gasteiger partial charge in [0.25, 0.3) is 11.8 Å². The van der Waals surface area contributed by atoms with Crippen LogP contribution in [0.4, 0.5) is 11.5 Å². The molecule has 4 fully saturated rings. The molecule has 17 nitrogen and oxygen atoms in total. The van der Waals surface area contributed by atoms with Gasteiger partial charge >= 0.3 is 0 Å². The maximum atomic E-state index is 13.4. The number of imide groups is 1. The zero-order chi connectivity index (χ0) is 45.9. The average molecular weight is 873 g/mol. The Kier molecular flexibility index (Phi) is 13.2. The number of nitrogens with zero attached hydrogens (tertiary/aromatic N) is 7. The zero-order valence-electron chi connectivity index (χ0n) is 37.1. The molecule has 3 aliphatic heterocycles. The van der Waals surface area contributed by atoms with Gasteiger partial charge in [0.1, 0.15) is 35.5 Å². The van der Waals surface area contributed by atoms with E-state index in [1.54, 1.807) is 30.5 Å². The first-order valence-electron chi connectivity index (χ1n) is 21.7. The van der Waals surface area contributed by atoms with E-state index in [0.717, 1.165) is 87.7 Å². The maximum Gasteiger partial charge on any atom is 0.268 e. The zero-order valence-corrected chi connectivity index (χ0v) is 37.1. The van der Waals surface area contributed by atoms with Crippen LogP contribution >= 0.6 is 0 Å². The summed E-state index contributed by atoms with van der Waals surface area (Å²) in [6.45, 7) is 14.9. The molecular weight excluding hydrogens is 817 g/mol. The average Bonchev–Trinajstić information content (AvgIpc) is 3.27. The van der Waals surface area contributed by atoms with Crippen LogP contribution in [0, 0.1) is 28.1 Å². The molecule has 1 aliphatic carbocycles. The number of nitrogens with one attached hydrogen (secondary N) is 2. The molecule has 8 rings (SSSR count). The standard InChI is InChI=1S/C29H36N8O5.C18H20N2O2/c1-34(24-4-5-26(39)33-28(24)41)29(42)22-14-21(3-2-20(22)18-38)36-12-10-35(11-13-36)17-19-6-8-37(9-7-19)25-16-31-23(15-32-25)27(30)40;1-17(2)10-18(3,4)16(17)22-13-7-5-11(9-19)15-12(13)6-8-14(21)20-15/h2-3,14-16,18-19,24H,4-13,17H2,1H3,(H2,30,40)(H,33,39,41);5-8,16H,10H2,1-4H3,(H,20,21). The lowest BCUT2D eigenvalue weighted by Crippen LogP contribution is -2.58. The number of fused-ring (bicyclic) bond motifs is 1. The van der Waals surface area contributed by atoms with Crippen molar-refractivity contribution in [2.24, 2.45) is 22.5 Å². The fourth-order valence-corrected chi connectivity index (χ4v) is 10.1. The fourth-order valence-electron chi connectivity index (χ4n) is 10.1. The number of H-pyrrole nitrogens is 1. The number of aldehydes is 1. The Bertz CT molecular complexity index is 2520. The number of amides is 4. The molecule has 4 N–H and O–H groups in total. The molecule has 336 valence electrons. The Balaban J connectivity index is 0.000000233.